The number of nitrogens with zero attached hydrogens (tertiary/aromatic N) is 3. The van der Waals surface area contributed by atoms with Crippen LogP contribution in [0.15, 0.2) is 34.1 Å². The van der Waals surface area contributed by atoms with Gasteiger partial charge in [0, 0.05) is 31.3 Å². The minimum absolute atomic E-state index is 0.116. The summed E-state index contributed by atoms with van der Waals surface area (Å²) in [7, 11) is 0. The number of aliphatic imine (C=N–C) groups is 2. The molecule has 1 aromatic heterocycles. The smallest absolute Gasteiger partial charge is 0.175 e. The number of aromatic nitrogens is 1. The third-order valence-corrected chi connectivity index (χ3v) is 8.13. The maximum atomic E-state index is 16.3. The van der Waals surface area contributed by atoms with Crippen LogP contribution in [0.1, 0.15) is 101 Å². The van der Waals surface area contributed by atoms with Crippen molar-refractivity contribution in [1.82, 2.24) is 10.3 Å². The SMILES string of the molecule is C=Nc1c(C(=NCC2(C)CCCCC2)NCCCC)cnc(-c2cc(C)cc3c2C(CC)=C(F)CC3)c1F. The lowest BCUT2D eigenvalue weighted by Crippen LogP contribution is -2.30. The zero-order valence-corrected chi connectivity index (χ0v) is 23.5. The first-order valence-corrected chi connectivity index (χ1v) is 14.3. The summed E-state index contributed by atoms with van der Waals surface area (Å²) in [6.45, 7) is 13.5. The number of unbranched alkanes of at least 4 members (excludes halogenated alkanes) is 1. The van der Waals surface area contributed by atoms with Crippen molar-refractivity contribution in [2.75, 3.05) is 13.1 Å². The van der Waals surface area contributed by atoms with Crippen LogP contribution >= 0.6 is 0 Å². The fourth-order valence-corrected chi connectivity index (χ4v) is 5.95. The second-order valence-corrected chi connectivity index (χ2v) is 11.2. The molecule has 0 radical (unpaired) electrons. The van der Waals surface area contributed by atoms with Crippen LogP contribution in [0.25, 0.3) is 16.8 Å². The second-order valence-electron chi connectivity index (χ2n) is 11.2. The van der Waals surface area contributed by atoms with Crippen molar-refractivity contribution in [3.8, 4) is 11.3 Å². The number of hydrogen-bond donors (Lipinski definition) is 1. The minimum Gasteiger partial charge on any atom is -0.370 e. The number of aryl methyl sites for hydroxylation is 2. The molecule has 1 fully saturated rings. The first-order chi connectivity index (χ1) is 18.3. The lowest BCUT2D eigenvalue weighted by Gasteiger charge is -2.32. The molecule has 4 rings (SSSR count). The number of rotatable bonds is 9. The van der Waals surface area contributed by atoms with Crippen molar-refractivity contribution in [3.63, 3.8) is 0 Å². The summed E-state index contributed by atoms with van der Waals surface area (Å²) in [6, 6.07) is 3.98. The Bertz CT molecular complexity index is 1240. The molecule has 0 unspecified atom stereocenters. The van der Waals surface area contributed by atoms with Crippen LogP contribution in [0, 0.1) is 18.2 Å². The second kappa shape index (κ2) is 12.3. The highest BCUT2D eigenvalue weighted by Gasteiger charge is 2.29. The molecule has 1 saturated carbocycles. The Morgan fingerprint density at radius 1 is 1.13 bits per heavy atom. The third kappa shape index (κ3) is 5.89. The van der Waals surface area contributed by atoms with Crippen molar-refractivity contribution in [3.05, 3.63) is 52.2 Å². The van der Waals surface area contributed by atoms with E-state index in [1.165, 1.54) is 19.3 Å². The molecular weight excluding hydrogens is 478 g/mol. The zero-order valence-electron chi connectivity index (χ0n) is 23.5. The first-order valence-electron chi connectivity index (χ1n) is 14.3. The summed E-state index contributed by atoms with van der Waals surface area (Å²) in [5.41, 5.74) is 5.07. The van der Waals surface area contributed by atoms with Gasteiger partial charge >= 0.3 is 0 Å². The quantitative estimate of drug-likeness (QED) is 0.204. The Labute approximate surface area is 226 Å². The van der Waals surface area contributed by atoms with E-state index >= 15 is 4.39 Å². The minimum atomic E-state index is -0.541. The number of pyridine rings is 1. The Balaban J connectivity index is 1.81. The van der Waals surface area contributed by atoms with Crippen molar-refractivity contribution in [2.45, 2.75) is 91.9 Å². The molecule has 4 nitrogen and oxygen atoms in total. The van der Waals surface area contributed by atoms with E-state index in [-0.39, 0.29) is 22.6 Å². The molecular formula is C32H42F2N4. The Hall–Kier alpha value is -2.89. The number of amidine groups is 1. The average molecular weight is 521 g/mol. The molecule has 0 saturated heterocycles. The van der Waals surface area contributed by atoms with Gasteiger partial charge in [-0.25, -0.2) is 8.78 Å². The number of benzene rings is 1. The maximum Gasteiger partial charge on any atom is 0.175 e. The molecule has 2 aliphatic carbocycles. The third-order valence-electron chi connectivity index (χ3n) is 8.13. The summed E-state index contributed by atoms with van der Waals surface area (Å²) in [5.74, 6) is -0.0346. The van der Waals surface area contributed by atoms with Crippen molar-refractivity contribution < 1.29 is 8.78 Å². The number of nitrogens with one attached hydrogen (secondary N) is 1. The van der Waals surface area contributed by atoms with E-state index in [4.69, 9.17) is 4.99 Å². The van der Waals surface area contributed by atoms with E-state index < -0.39 is 5.82 Å². The van der Waals surface area contributed by atoms with Gasteiger partial charge in [0.05, 0.1) is 5.56 Å². The Kier molecular flexibility index (Phi) is 9.11. The molecule has 1 heterocycles. The van der Waals surface area contributed by atoms with Gasteiger partial charge in [0.2, 0.25) is 0 Å². The summed E-state index contributed by atoms with van der Waals surface area (Å²) in [5, 5.41) is 3.43. The van der Waals surface area contributed by atoms with Gasteiger partial charge in [-0.15, -0.1) is 0 Å². The number of hydrogen-bond acceptors (Lipinski definition) is 3. The summed E-state index contributed by atoms with van der Waals surface area (Å²) in [4.78, 5) is 13.8. The highest BCUT2D eigenvalue weighted by atomic mass is 19.1. The van der Waals surface area contributed by atoms with E-state index in [2.05, 4.69) is 41.9 Å². The van der Waals surface area contributed by atoms with Crippen LogP contribution in [0.3, 0.4) is 0 Å². The standard InChI is InChI=1S/C32H42F2N4/c1-6-8-16-36-31(38-20-32(4)14-10-9-11-15-32)25-19-37-30(28(34)29(25)35-5)24-18-21(3)17-22-12-13-26(33)23(7-2)27(22)24/h17-19H,5-16,20H2,1-4H3,(H,36,38). The predicted molar refractivity (Wildman–Crippen MR) is 156 cm³/mol. The summed E-state index contributed by atoms with van der Waals surface area (Å²) >= 11 is 0. The van der Waals surface area contributed by atoms with Crippen molar-refractivity contribution in [2.24, 2.45) is 15.4 Å². The average Bonchev–Trinajstić information content (AvgIpc) is 2.90. The van der Waals surface area contributed by atoms with Crippen LogP contribution in [-0.2, 0) is 6.42 Å². The number of fused-ring (bicyclic) bond motifs is 1. The fourth-order valence-electron chi connectivity index (χ4n) is 5.95. The molecule has 2 aliphatic rings. The first kappa shape index (κ1) is 28.1. The van der Waals surface area contributed by atoms with Crippen LogP contribution < -0.4 is 5.32 Å². The van der Waals surface area contributed by atoms with Gasteiger partial charge in [-0.2, -0.15) is 0 Å². The van der Waals surface area contributed by atoms with Crippen LogP contribution in [0.5, 0.6) is 0 Å². The largest absolute Gasteiger partial charge is 0.370 e. The fraction of sp³-hybridized carbons (Fsp3) is 0.531. The van der Waals surface area contributed by atoms with Crippen LogP contribution in [0.4, 0.5) is 14.5 Å². The van der Waals surface area contributed by atoms with Gasteiger partial charge in [0.15, 0.2) is 5.82 Å². The predicted octanol–water partition coefficient (Wildman–Crippen LogP) is 8.67. The Morgan fingerprint density at radius 3 is 2.58 bits per heavy atom. The maximum absolute atomic E-state index is 16.3. The van der Waals surface area contributed by atoms with Crippen molar-refractivity contribution in [1.29, 1.82) is 0 Å². The highest BCUT2D eigenvalue weighted by Crippen LogP contribution is 2.42. The molecule has 0 aliphatic heterocycles. The summed E-state index contributed by atoms with van der Waals surface area (Å²) < 4.78 is 31.1. The molecule has 204 valence electrons. The summed E-state index contributed by atoms with van der Waals surface area (Å²) in [6.07, 6.45) is 11.2. The van der Waals surface area contributed by atoms with E-state index in [1.54, 1.807) is 6.20 Å². The molecule has 2 aromatic rings. The van der Waals surface area contributed by atoms with Gasteiger partial charge < -0.3 is 5.32 Å². The lowest BCUT2D eigenvalue weighted by atomic mass is 9.76. The Morgan fingerprint density at radius 2 is 1.89 bits per heavy atom. The topological polar surface area (TPSA) is 49.6 Å². The number of halogens is 2. The van der Waals surface area contributed by atoms with E-state index in [0.29, 0.717) is 48.3 Å². The molecule has 0 atom stereocenters. The van der Waals surface area contributed by atoms with Crippen molar-refractivity contribution >= 4 is 23.8 Å². The molecule has 1 N–H and O–H groups in total. The van der Waals surface area contributed by atoms with Gasteiger partial charge in [0.1, 0.15) is 23.0 Å². The zero-order chi connectivity index (χ0) is 27.3. The molecule has 0 amide bonds. The van der Waals surface area contributed by atoms with Gasteiger partial charge in [-0.1, -0.05) is 58.1 Å². The van der Waals surface area contributed by atoms with E-state index in [1.807, 2.05) is 19.9 Å². The molecule has 0 spiro atoms. The van der Waals surface area contributed by atoms with Gasteiger partial charge in [-0.05, 0) is 73.9 Å². The molecule has 38 heavy (non-hydrogen) atoms. The number of allylic oxidation sites excluding steroid dienone is 2. The van der Waals surface area contributed by atoms with E-state index in [0.717, 1.165) is 48.9 Å². The monoisotopic (exact) mass is 520 g/mol. The van der Waals surface area contributed by atoms with Gasteiger partial charge in [-0.3, -0.25) is 15.0 Å². The van der Waals surface area contributed by atoms with Gasteiger partial charge in [0.25, 0.3) is 0 Å². The molecule has 1 aromatic carbocycles. The van der Waals surface area contributed by atoms with E-state index in [9.17, 15) is 4.39 Å². The lowest BCUT2D eigenvalue weighted by molar-refractivity contribution is 0.227. The molecule has 6 heteroatoms. The molecule has 0 bridgehead atoms. The normalized spacial score (nSPS) is 17.4. The van der Waals surface area contributed by atoms with Crippen LogP contribution in [0.2, 0.25) is 0 Å². The van der Waals surface area contributed by atoms with Crippen LogP contribution in [-0.4, -0.2) is 30.6 Å². The highest BCUT2D eigenvalue weighted by molar-refractivity contribution is 6.03.